The van der Waals surface area contributed by atoms with Crippen molar-refractivity contribution in [2.24, 2.45) is 0 Å². The van der Waals surface area contributed by atoms with Crippen molar-refractivity contribution in [2.75, 3.05) is 50.1 Å². The fourth-order valence-electron chi connectivity index (χ4n) is 6.21. The summed E-state index contributed by atoms with van der Waals surface area (Å²) in [5.41, 5.74) is 2.96. The Morgan fingerprint density at radius 1 is 1.20 bits per heavy atom. The molecule has 210 valence electrons. The summed E-state index contributed by atoms with van der Waals surface area (Å²) >= 11 is 6.77. The maximum absolute atomic E-state index is 16.5. The van der Waals surface area contributed by atoms with Gasteiger partial charge >= 0.3 is 0 Å². The number of hydrogen-bond donors (Lipinski definition) is 2. The van der Waals surface area contributed by atoms with E-state index in [1.165, 1.54) is 0 Å². The van der Waals surface area contributed by atoms with Crippen LogP contribution in [0.25, 0.3) is 22.6 Å². The van der Waals surface area contributed by atoms with Crippen LogP contribution in [0.2, 0.25) is 5.02 Å². The maximum atomic E-state index is 16.5. The van der Waals surface area contributed by atoms with Crippen LogP contribution in [-0.2, 0) is 0 Å². The van der Waals surface area contributed by atoms with Crippen LogP contribution < -0.4 is 15.1 Å². The molecule has 9 heteroatoms. The van der Waals surface area contributed by atoms with Crippen LogP contribution in [-0.4, -0.2) is 78.4 Å². The van der Waals surface area contributed by atoms with E-state index in [1.54, 1.807) is 25.1 Å². The SMILES string of the molecule is C/C(=C\C(O)=C/c1ccccc1C)c1c(Cl)cc2c(N3CCC4NCCC43)nc(N3CC(N(C)C)C3)nc2c1F. The zero-order chi connectivity index (χ0) is 28.1. The third kappa shape index (κ3) is 4.82. The summed E-state index contributed by atoms with van der Waals surface area (Å²) in [6.45, 7) is 7.15. The third-order valence-corrected chi connectivity index (χ3v) is 8.94. The fraction of sp³-hybridized carbons (Fsp3) is 0.419. The van der Waals surface area contributed by atoms with Gasteiger partial charge in [0.1, 0.15) is 17.1 Å². The number of aryl methyl sites for hydroxylation is 1. The Hall–Kier alpha value is -3.20. The van der Waals surface area contributed by atoms with E-state index < -0.39 is 5.82 Å². The molecule has 0 bridgehead atoms. The minimum Gasteiger partial charge on any atom is -0.508 e. The van der Waals surface area contributed by atoms with Crippen molar-refractivity contribution in [3.05, 3.63) is 69.7 Å². The molecule has 3 aliphatic rings. The summed E-state index contributed by atoms with van der Waals surface area (Å²) in [4.78, 5) is 16.4. The number of anilines is 2. The van der Waals surface area contributed by atoms with E-state index >= 15 is 4.39 Å². The highest BCUT2D eigenvalue weighted by molar-refractivity contribution is 6.33. The molecule has 2 aromatic carbocycles. The number of nitrogens with zero attached hydrogens (tertiary/aromatic N) is 5. The number of likely N-dealkylation sites (N-methyl/N-ethyl adjacent to an activating group) is 1. The highest BCUT2D eigenvalue weighted by Crippen LogP contribution is 2.40. The maximum Gasteiger partial charge on any atom is 0.228 e. The number of nitrogens with one attached hydrogen (secondary N) is 1. The normalized spacial score (nSPS) is 22.0. The molecule has 0 saturated carbocycles. The number of allylic oxidation sites excluding steroid dienone is 2. The van der Waals surface area contributed by atoms with Gasteiger partial charge in [-0.25, -0.2) is 9.37 Å². The van der Waals surface area contributed by atoms with Gasteiger partial charge in [-0.3, -0.25) is 0 Å². The Bertz CT molecular complexity index is 1520. The van der Waals surface area contributed by atoms with Gasteiger partial charge < -0.3 is 25.1 Å². The minimum absolute atomic E-state index is 0.0265. The Labute approximate surface area is 240 Å². The number of rotatable bonds is 6. The molecule has 3 aromatic rings. The first kappa shape index (κ1) is 27.0. The molecule has 2 N–H and O–H groups in total. The number of aromatic nitrogens is 2. The summed E-state index contributed by atoms with van der Waals surface area (Å²) in [7, 11) is 4.14. The van der Waals surface area contributed by atoms with Crippen molar-refractivity contribution in [3.63, 3.8) is 0 Å². The number of aliphatic hydroxyl groups excluding tert-OH is 1. The zero-order valence-electron chi connectivity index (χ0n) is 23.5. The number of aliphatic hydroxyl groups is 1. The molecule has 0 spiro atoms. The number of hydrogen-bond acceptors (Lipinski definition) is 7. The lowest BCUT2D eigenvalue weighted by Gasteiger charge is -2.43. The summed E-state index contributed by atoms with van der Waals surface area (Å²) in [6, 6.07) is 10.7. The van der Waals surface area contributed by atoms with Crippen LogP contribution in [0.4, 0.5) is 16.2 Å². The Morgan fingerprint density at radius 2 is 1.98 bits per heavy atom. The minimum atomic E-state index is -0.491. The second kappa shape index (κ2) is 10.7. The first-order chi connectivity index (χ1) is 19.2. The Morgan fingerprint density at radius 3 is 2.73 bits per heavy atom. The number of benzene rings is 2. The zero-order valence-corrected chi connectivity index (χ0v) is 24.2. The lowest BCUT2D eigenvalue weighted by molar-refractivity contribution is 0.245. The van der Waals surface area contributed by atoms with Gasteiger partial charge in [0.2, 0.25) is 5.95 Å². The predicted molar refractivity (Wildman–Crippen MR) is 162 cm³/mol. The molecule has 2 atom stereocenters. The highest BCUT2D eigenvalue weighted by Gasteiger charge is 2.40. The van der Waals surface area contributed by atoms with Crippen LogP contribution in [0.1, 0.15) is 36.5 Å². The lowest BCUT2D eigenvalue weighted by atomic mass is 10.0. The van der Waals surface area contributed by atoms with Crippen LogP contribution in [0.15, 0.2) is 42.2 Å². The van der Waals surface area contributed by atoms with Crippen LogP contribution in [0, 0.1) is 12.7 Å². The molecule has 3 fully saturated rings. The molecular formula is C31H36ClFN6O. The monoisotopic (exact) mass is 562 g/mol. The molecule has 4 heterocycles. The van der Waals surface area contributed by atoms with Crippen molar-refractivity contribution < 1.29 is 9.50 Å². The Kier molecular flexibility index (Phi) is 7.19. The molecule has 40 heavy (non-hydrogen) atoms. The fourth-order valence-corrected chi connectivity index (χ4v) is 6.55. The van der Waals surface area contributed by atoms with Crippen LogP contribution in [0.3, 0.4) is 0 Å². The average molecular weight is 563 g/mol. The standard InChI is InChI=1S/C31H36ClFN6O/c1-18-7-5-6-8-20(18)14-22(40)13-19(2)27-24(32)15-23-29(28(27)33)35-31(38-16-21(17-38)37(3)4)36-30(23)39-12-10-25-26(39)9-11-34-25/h5-8,13-15,21,25-26,34,40H,9-12,16-17H2,1-4H3/b19-13+,22-14+. The van der Waals surface area contributed by atoms with E-state index in [0.29, 0.717) is 35.0 Å². The molecule has 3 aliphatic heterocycles. The molecule has 6 rings (SSSR count). The van der Waals surface area contributed by atoms with Gasteiger partial charge in [-0.15, -0.1) is 0 Å². The quantitative estimate of drug-likeness (QED) is 0.307. The van der Waals surface area contributed by atoms with Gasteiger partial charge in [-0.2, -0.15) is 4.98 Å². The van der Waals surface area contributed by atoms with Gasteiger partial charge in [-0.05, 0) is 82.2 Å². The van der Waals surface area contributed by atoms with Crippen molar-refractivity contribution in [1.29, 1.82) is 0 Å². The Balaban J connectivity index is 1.44. The van der Waals surface area contributed by atoms with E-state index in [4.69, 9.17) is 21.6 Å². The van der Waals surface area contributed by atoms with Crippen molar-refractivity contribution >= 4 is 45.9 Å². The van der Waals surface area contributed by atoms with E-state index in [9.17, 15) is 5.11 Å². The summed E-state index contributed by atoms with van der Waals surface area (Å²) < 4.78 is 16.5. The lowest BCUT2D eigenvalue weighted by Crippen LogP contribution is -2.58. The van der Waals surface area contributed by atoms with Gasteiger partial charge in [0.25, 0.3) is 0 Å². The van der Waals surface area contributed by atoms with E-state index in [0.717, 1.165) is 56.0 Å². The molecule has 2 unspecified atom stereocenters. The van der Waals surface area contributed by atoms with Gasteiger partial charge in [0, 0.05) is 48.7 Å². The summed E-state index contributed by atoms with van der Waals surface area (Å²) in [5, 5.41) is 15.2. The number of halogens is 2. The van der Waals surface area contributed by atoms with Crippen molar-refractivity contribution in [2.45, 2.75) is 44.8 Å². The second-order valence-electron chi connectivity index (χ2n) is 11.5. The van der Waals surface area contributed by atoms with Crippen molar-refractivity contribution in [3.8, 4) is 0 Å². The smallest absolute Gasteiger partial charge is 0.228 e. The molecule has 0 aliphatic carbocycles. The molecular weight excluding hydrogens is 527 g/mol. The van der Waals surface area contributed by atoms with E-state index in [2.05, 4.69) is 34.1 Å². The molecule has 0 radical (unpaired) electrons. The van der Waals surface area contributed by atoms with E-state index in [-0.39, 0.29) is 21.9 Å². The average Bonchev–Trinajstić information content (AvgIpc) is 3.49. The number of fused-ring (bicyclic) bond motifs is 2. The summed E-state index contributed by atoms with van der Waals surface area (Å²) in [6.07, 6.45) is 5.29. The highest BCUT2D eigenvalue weighted by atomic mass is 35.5. The predicted octanol–water partition coefficient (Wildman–Crippen LogP) is 5.42. The first-order valence-corrected chi connectivity index (χ1v) is 14.3. The van der Waals surface area contributed by atoms with Crippen molar-refractivity contribution in [1.82, 2.24) is 20.2 Å². The molecule has 7 nitrogen and oxygen atoms in total. The van der Waals surface area contributed by atoms with Gasteiger partial charge in [0.05, 0.1) is 5.02 Å². The second-order valence-corrected chi connectivity index (χ2v) is 11.9. The molecule has 1 aromatic heterocycles. The van der Waals surface area contributed by atoms with Gasteiger partial charge in [0.15, 0.2) is 5.82 Å². The van der Waals surface area contributed by atoms with Crippen LogP contribution >= 0.6 is 11.6 Å². The van der Waals surface area contributed by atoms with Crippen LogP contribution in [0.5, 0.6) is 0 Å². The van der Waals surface area contributed by atoms with Gasteiger partial charge in [-0.1, -0.05) is 35.9 Å². The summed E-state index contributed by atoms with van der Waals surface area (Å²) in [5.74, 6) is 0.834. The molecule has 3 saturated heterocycles. The van der Waals surface area contributed by atoms with E-state index in [1.807, 2.05) is 31.2 Å². The first-order valence-electron chi connectivity index (χ1n) is 14.0. The molecule has 0 amide bonds. The third-order valence-electron chi connectivity index (χ3n) is 8.64. The largest absolute Gasteiger partial charge is 0.508 e. The topological polar surface area (TPSA) is 67.8 Å².